The Hall–Kier alpha value is -7.56. The van der Waals surface area contributed by atoms with Crippen LogP contribution in [0.15, 0.2) is 180 Å². The van der Waals surface area contributed by atoms with Crippen molar-refractivity contribution in [3.8, 4) is 67.2 Å². The van der Waals surface area contributed by atoms with Gasteiger partial charge in [0.15, 0.2) is 0 Å². The Labute approximate surface area is 380 Å². The quantitative estimate of drug-likeness (QED) is 0.181. The summed E-state index contributed by atoms with van der Waals surface area (Å²) in [5.74, 6) is 0. The summed E-state index contributed by atoms with van der Waals surface area (Å²) in [5.41, 5.74) is 20.1. The second-order valence-electron chi connectivity index (χ2n) is 19.7. The molecule has 0 bridgehead atoms. The number of pyridine rings is 2. The summed E-state index contributed by atoms with van der Waals surface area (Å²) in [6.07, 6.45) is 1.94. The van der Waals surface area contributed by atoms with Crippen LogP contribution >= 0.6 is 0 Å². The number of hydrogen-bond acceptors (Lipinski definition) is 3. The van der Waals surface area contributed by atoms with Gasteiger partial charge in [-0.2, -0.15) is 0 Å². The van der Waals surface area contributed by atoms with Crippen molar-refractivity contribution in [1.29, 1.82) is 0 Å². The van der Waals surface area contributed by atoms with E-state index in [1.54, 1.807) is 0 Å². The Bertz CT molecular complexity index is 3620. The van der Waals surface area contributed by atoms with E-state index in [2.05, 4.69) is 223 Å². The lowest BCUT2D eigenvalue weighted by molar-refractivity contribution is 0.590. The molecular weight excluding hydrogens is 791 g/mol. The van der Waals surface area contributed by atoms with Crippen LogP contribution < -0.4 is 0 Å². The van der Waals surface area contributed by atoms with Gasteiger partial charge >= 0.3 is 0 Å². The van der Waals surface area contributed by atoms with E-state index in [1.807, 2.05) is 6.20 Å². The highest BCUT2D eigenvalue weighted by atomic mass is 16.3. The average Bonchev–Trinajstić information content (AvgIpc) is 3.88. The predicted octanol–water partition coefficient (Wildman–Crippen LogP) is 16.9. The molecule has 4 aromatic heterocycles. The van der Waals surface area contributed by atoms with Crippen LogP contribution in [0.1, 0.15) is 58.2 Å². The first-order valence-electron chi connectivity index (χ1n) is 22.6. The van der Waals surface area contributed by atoms with Crippen LogP contribution in [0.25, 0.3) is 111 Å². The molecule has 0 atom stereocenters. The number of hydrogen-bond donors (Lipinski definition) is 1. The number of nitrogens with zero attached hydrogens (tertiary/aromatic N) is 2. The van der Waals surface area contributed by atoms with Crippen LogP contribution in [0.3, 0.4) is 0 Å². The third-order valence-corrected chi connectivity index (χ3v) is 13.0. The van der Waals surface area contributed by atoms with Gasteiger partial charge in [0, 0.05) is 44.4 Å². The average molecular weight is 842 g/mol. The zero-order valence-corrected chi connectivity index (χ0v) is 38.0. The van der Waals surface area contributed by atoms with E-state index in [9.17, 15) is 0 Å². The van der Waals surface area contributed by atoms with Gasteiger partial charge in [-0.1, -0.05) is 139 Å². The fraction of sp³-hybridized carbons (Fsp3) is 0.148. The lowest BCUT2D eigenvalue weighted by Crippen LogP contribution is -2.11. The maximum absolute atomic E-state index is 6.40. The SMILES string of the molecule is Cc1ccc2c(c1)oc1cc(-c3ccnc(-c4cc(C(C)(C)C)cc5c4[nH]c4c(-c6cc(-c7ccccc7)cc(-c7cccc(-c8ccccc8)c7)n6)cc(C(C)(C)C)cc45)c3)ccc12. The summed E-state index contributed by atoms with van der Waals surface area (Å²) < 4.78 is 6.40. The Morgan fingerprint density at radius 3 is 1.58 bits per heavy atom. The number of aryl methyl sites for hydroxylation is 1. The minimum Gasteiger partial charge on any atom is -0.456 e. The Balaban J connectivity index is 1.13. The molecular formula is C61H51N3O. The van der Waals surface area contributed by atoms with E-state index in [1.165, 1.54) is 33.0 Å². The number of furan rings is 1. The molecule has 316 valence electrons. The number of H-pyrrole nitrogens is 1. The molecule has 1 N–H and O–H groups in total. The molecule has 4 heteroatoms. The van der Waals surface area contributed by atoms with Gasteiger partial charge in [-0.25, -0.2) is 4.98 Å². The summed E-state index contributed by atoms with van der Waals surface area (Å²) in [7, 11) is 0. The number of rotatable bonds is 6. The van der Waals surface area contributed by atoms with Crippen LogP contribution in [0.4, 0.5) is 0 Å². The first-order chi connectivity index (χ1) is 31.3. The number of fused-ring (bicyclic) bond motifs is 6. The van der Waals surface area contributed by atoms with Crippen molar-refractivity contribution in [2.75, 3.05) is 0 Å². The van der Waals surface area contributed by atoms with Gasteiger partial charge in [-0.15, -0.1) is 0 Å². The molecule has 7 aromatic carbocycles. The highest BCUT2D eigenvalue weighted by Crippen LogP contribution is 2.44. The topological polar surface area (TPSA) is 54.7 Å². The van der Waals surface area contributed by atoms with Gasteiger partial charge < -0.3 is 9.40 Å². The molecule has 65 heavy (non-hydrogen) atoms. The molecule has 0 saturated carbocycles. The maximum Gasteiger partial charge on any atom is 0.136 e. The summed E-state index contributed by atoms with van der Waals surface area (Å²) >= 11 is 0. The molecule has 4 heterocycles. The third-order valence-electron chi connectivity index (χ3n) is 13.0. The molecule has 11 rings (SSSR count). The van der Waals surface area contributed by atoms with Crippen LogP contribution in [-0.4, -0.2) is 15.0 Å². The zero-order chi connectivity index (χ0) is 44.6. The molecule has 0 aliphatic rings. The summed E-state index contributed by atoms with van der Waals surface area (Å²) in [4.78, 5) is 14.7. The Morgan fingerprint density at radius 2 is 0.923 bits per heavy atom. The van der Waals surface area contributed by atoms with Gasteiger partial charge in [0.25, 0.3) is 0 Å². The van der Waals surface area contributed by atoms with Crippen molar-refractivity contribution >= 4 is 43.7 Å². The molecule has 0 radical (unpaired) electrons. The van der Waals surface area contributed by atoms with E-state index >= 15 is 0 Å². The Kier molecular flexibility index (Phi) is 9.48. The van der Waals surface area contributed by atoms with Crippen LogP contribution in [0.2, 0.25) is 0 Å². The maximum atomic E-state index is 6.40. The molecule has 4 nitrogen and oxygen atoms in total. The summed E-state index contributed by atoms with van der Waals surface area (Å²) in [6.45, 7) is 15.9. The second-order valence-corrected chi connectivity index (χ2v) is 19.7. The second kappa shape index (κ2) is 15.3. The predicted molar refractivity (Wildman–Crippen MR) is 273 cm³/mol. The van der Waals surface area contributed by atoms with E-state index < -0.39 is 0 Å². The molecule has 0 aliphatic heterocycles. The number of nitrogens with one attached hydrogen (secondary N) is 1. The van der Waals surface area contributed by atoms with Crippen molar-refractivity contribution in [3.05, 3.63) is 193 Å². The molecule has 0 aliphatic carbocycles. The minimum absolute atomic E-state index is 0.117. The lowest BCUT2D eigenvalue weighted by Gasteiger charge is -2.22. The molecule has 0 unspecified atom stereocenters. The van der Waals surface area contributed by atoms with E-state index in [0.717, 1.165) is 94.6 Å². The first kappa shape index (κ1) is 40.2. The van der Waals surface area contributed by atoms with Gasteiger partial charge in [-0.3, -0.25) is 4.98 Å². The molecule has 11 aromatic rings. The summed E-state index contributed by atoms with van der Waals surface area (Å²) in [5, 5.41) is 4.61. The standard InChI is InChI=1S/C61H51N3O/c1-37-21-23-47-48-24-22-41(32-57(48)65-56(47)27-37)42-25-26-62-54(29-42)51-35-45(60(2,3)4)33-49-50-34-46(61(5,6)7)36-52(59(50)64-58(49)51)55-31-44(39-17-12-9-13-18-39)30-53(63-55)43-20-14-19-40(28-43)38-15-10-8-11-16-38/h8-36,64H,1-7H3. The van der Waals surface area contributed by atoms with E-state index in [0.29, 0.717) is 0 Å². The smallest absolute Gasteiger partial charge is 0.136 e. The Morgan fingerprint density at radius 1 is 0.400 bits per heavy atom. The van der Waals surface area contributed by atoms with Crippen LogP contribution in [0.5, 0.6) is 0 Å². The van der Waals surface area contributed by atoms with Crippen molar-refractivity contribution in [1.82, 2.24) is 15.0 Å². The molecule has 0 fully saturated rings. The summed E-state index contributed by atoms with van der Waals surface area (Å²) in [6, 6.07) is 61.2. The monoisotopic (exact) mass is 841 g/mol. The molecule has 0 amide bonds. The van der Waals surface area contributed by atoms with Crippen LogP contribution in [-0.2, 0) is 10.8 Å². The van der Waals surface area contributed by atoms with Gasteiger partial charge in [-0.05, 0) is 141 Å². The highest BCUT2D eigenvalue weighted by molar-refractivity contribution is 6.16. The number of aromatic amines is 1. The number of benzene rings is 7. The molecule has 0 saturated heterocycles. The van der Waals surface area contributed by atoms with Crippen LogP contribution in [0, 0.1) is 6.92 Å². The normalized spacial score (nSPS) is 12.2. The van der Waals surface area contributed by atoms with Crippen molar-refractivity contribution in [2.45, 2.75) is 59.3 Å². The van der Waals surface area contributed by atoms with Gasteiger partial charge in [0.1, 0.15) is 11.2 Å². The first-order valence-corrected chi connectivity index (χ1v) is 22.6. The fourth-order valence-corrected chi connectivity index (χ4v) is 9.30. The largest absolute Gasteiger partial charge is 0.456 e. The highest BCUT2D eigenvalue weighted by Gasteiger charge is 2.25. The fourth-order valence-electron chi connectivity index (χ4n) is 9.30. The zero-order valence-electron chi connectivity index (χ0n) is 38.0. The van der Waals surface area contributed by atoms with E-state index in [-0.39, 0.29) is 10.8 Å². The van der Waals surface area contributed by atoms with Gasteiger partial charge in [0.2, 0.25) is 0 Å². The molecule has 0 spiro atoms. The lowest BCUT2D eigenvalue weighted by atomic mass is 9.83. The van der Waals surface area contributed by atoms with Crippen molar-refractivity contribution in [3.63, 3.8) is 0 Å². The van der Waals surface area contributed by atoms with E-state index in [4.69, 9.17) is 14.4 Å². The number of aromatic nitrogens is 3. The third kappa shape index (κ3) is 7.39. The van der Waals surface area contributed by atoms with Gasteiger partial charge in [0.05, 0.1) is 28.1 Å². The minimum atomic E-state index is -0.128. The van der Waals surface area contributed by atoms with Crippen molar-refractivity contribution < 1.29 is 4.42 Å². The van der Waals surface area contributed by atoms with Crippen molar-refractivity contribution in [2.24, 2.45) is 0 Å².